The van der Waals surface area contributed by atoms with Gasteiger partial charge in [-0.25, -0.2) is 9.67 Å². The van der Waals surface area contributed by atoms with Gasteiger partial charge in [0, 0.05) is 18.0 Å². The Hall–Kier alpha value is -1.99. The van der Waals surface area contributed by atoms with Crippen LogP contribution in [-0.2, 0) is 13.1 Å². The van der Waals surface area contributed by atoms with Crippen molar-refractivity contribution in [3.05, 3.63) is 41.4 Å². The van der Waals surface area contributed by atoms with Gasteiger partial charge in [0.25, 0.3) is 0 Å². The van der Waals surface area contributed by atoms with E-state index >= 15 is 0 Å². The Balaban J connectivity index is 1.64. The summed E-state index contributed by atoms with van der Waals surface area (Å²) in [6, 6.07) is 4.21. The molecule has 0 aliphatic heterocycles. The second-order valence-electron chi connectivity index (χ2n) is 5.06. The molecule has 0 aliphatic carbocycles. The van der Waals surface area contributed by atoms with Crippen molar-refractivity contribution in [1.82, 2.24) is 25.3 Å². The molecule has 3 rings (SSSR count). The molecular weight excluding hydrogens is 286 g/mol. The molecule has 0 unspecified atom stereocenters. The Kier molecular flexibility index (Phi) is 4.12. The van der Waals surface area contributed by atoms with Gasteiger partial charge in [0.1, 0.15) is 0 Å². The Morgan fingerprint density at radius 1 is 1.38 bits per heavy atom. The van der Waals surface area contributed by atoms with Gasteiger partial charge in [-0.2, -0.15) is 0 Å². The fourth-order valence-electron chi connectivity index (χ4n) is 1.86. The van der Waals surface area contributed by atoms with E-state index in [1.54, 1.807) is 22.3 Å². The number of nitrogens with zero attached hydrogens (tertiary/aromatic N) is 4. The van der Waals surface area contributed by atoms with Gasteiger partial charge < -0.3 is 9.73 Å². The van der Waals surface area contributed by atoms with Crippen molar-refractivity contribution < 1.29 is 4.42 Å². The molecule has 0 spiro atoms. The number of thiazole rings is 1. The first-order valence-electron chi connectivity index (χ1n) is 6.81. The van der Waals surface area contributed by atoms with Crippen LogP contribution >= 0.6 is 11.3 Å². The minimum absolute atomic E-state index is 0.435. The SMILES string of the molecule is CC(C)NCc1cn(Cc2csc(-c3ccco3)n2)nn1. The van der Waals surface area contributed by atoms with Gasteiger partial charge in [-0.3, -0.25) is 0 Å². The summed E-state index contributed by atoms with van der Waals surface area (Å²) in [4.78, 5) is 4.55. The number of furan rings is 1. The molecule has 0 saturated heterocycles. The molecule has 0 aliphatic rings. The van der Waals surface area contributed by atoms with Crippen LogP contribution in [0.25, 0.3) is 10.8 Å². The Morgan fingerprint density at radius 3 is 3.05 bits per heavy atom. The van der Waals surface area contributed by atoms with Crippen LogP contribution < -0.4 is 5.32 Å². The number of hydrogen-bond donors (Lipinski definition) is 1. The molecule has 0 aromatic carbocycles. The summed E-state index contributed by atoms with van der Waals surface area (Å²) >= 11 is 1.57. The third kappa shape index (κ3) is 3.56. The van der Waals surface area contributed by atoms with Crippen molar-refractivity contribution in [2.24, 2.45) is 0 Å². The highest BCUT2D eigenvalue weighted by atomic mass is 32.1. The zero-order valence-electron chi connectivity index (χ0n) is 12.0. The fourth-order valence-corrected chi connectivity index (χ4v) is 2.64. The van der Waals surface area contributed by atoms with Gasteiger partial charge in [0.15, 0.2) is 10.8 Å². The first-order chi connectivity index (χ1) is 10.2. The molecule has 0 radical (unpaired) electrons. The van der Waals surface area contributed by atoms with E-state index < -0.39 is 0 Å². The molecule has 3 heterocycles. The van der Waals surface area contributed by atoms with Gasteiger partial charge in [-0.15, -0.1) is 16.4 Å². The lowest BCUT2D eigenvalue weighted by atomic mass is 10.3. The largest absolute Gasteiger partial charge is 0.462 e. The van der Waals surface area contributed by atoms with E-state index in [4.69, 9.17) is 4.42 Å². The van der Waals surface area contributed by atoms with Crippen LogP contribution in [0.2, 0.25) is 0 Å². The van der Waals surface area contributed by atoms with Crippen LogP contribution in [0, 0.1) is 0 Å². The summed E-state index contributed by atoms with van der Waals surface area (Å²) in [5.41, 5.74) is 1.89. The lowest BCUT2D eigenvalue weighted by Crippen LogP contribution is -2.21. The summed E-state index contributed by atoms with van der Waals surface area (Å²) in [7, 11) is 0. The van der Waals surface area contributed by atoms with Crippen LogP contribution in [0.15, 0.2) is 34.4 Å². The van der Waals surface area contributed by atoms with Crippen molar-refractivity contribution >= 4 is 11.3 Å². The van der Waals surface area contributed by atoms with Gasteiger partial charge in [-0.05, 0) is 12.1 Å². The molecule has 3 aromatic heterocycles. The summed E-state index contributed by atoms with van der Waals surface area (Å²) in [6.07, 6.45) is 3.60. The van der Waals surface area contributed by atoms with E-state index in [9.17, 15) is 0 Å². The molecule has 21 heavy (non-hydrogen) atoms. The topological polar surface area (TPSA) is 68.8 Å². The van der Waals surface area contributed by atoms with E-state index in [2.05, 4.69) is 34.5 Å². The maximum atomic E-state index is 5.35. The summed E-state index contributed by atoms with van der Waals surface area (Å²) in [6.45, 7) is 5.56. The normalized spacial score (nSPS) is 11.4. The van der Waals surface area contributed by atoms with Crippen molar-refractivity contribution in [2.45, 2.75) is 33.0 Å². The molecular formula is C14H17N5OS. The smallest absolute Gasteiger partial charge is 0.162 e. The van der Waals surface area contributed by atoms with Crippen LogP contribution in [0.1, 0.15) is 25.2 Å². The van der Waals surface area contributed by atoms with Crippen molar-refractivity contribution in [2.75, 3.05) is 0 Å². The van der Waals surface area contributed by atoms with Gasteiger partial charge in [-0.1, -0.05) is 19.1 Å². The molecule has 0 atom stereocenters. The zero-order valence-corrected chi connectivity index (χ0v) is 12.8. The predicted octanol–water partition coefficient (Wildman–Crippen LogP) is 2.54. The molecule has 6 nitrogen and oxygen atoms in total. The maximum absolute atomic E-state index is 5.35. The molecule has 1 N–H and O–H groups in total. The quantitative estimate of drug-likeness (QED) is 0.758. The summed E-state index contributed by atoms with van der Waals surface area (Å²) in [5, 5.41) is 14.5. The molecule has 110 valence electrons. The number of rotatable bonds is 6. The standard InChI is InChI=1S/C14H17N5OS/c1-10(2)15-6-11-7-19(18-17-11)8-12-9-21-14(16-12)13-4-3-5-20-13/h3-5,7,9-10,15H,6,8H2,1-2H3. The molecule has 0 saturated carbocycles. The van der Waals surface area contributed by atoms with Crippen molar-refractivity contribution in [3.8, 4) is 10.8 Å². The molecule has 7 heteroatoms. The number of nitrogens with one attached hydrogen (secondary N) is 1. The van der Waals surface area contributed by atoms with E-state index in [0.29, 0.717) is 12.6 Å². The van der Waals surface area contributed by atoms with Crippen molar-refractivity contribution in [1.29, 1.82) is 0 Å². The minimum Gasteiger partial charge on any atom is -0.462 e. The van der Waals surface area contributed by atoms with Crippen molar-refractivity contribution in [3.63, 3.8) is 0 Å². The molecule has 0 bridgehead atoms. The average molecular weight is 303 g/mol. The van der Waals surface area contributed by atoms with Gasteiger partial charge >= 0.3 is 0 Å². The lowest BCUT2D eigenvalue weighted by Gasteiger charge is -2.04. The highest BCUT2D eigenvalue weighted by Gasteiger charge is 2.08. The van der Waals surface area contributed by atoms with E-state index in [-0.39, 0.29) is 0 Å². The third-order valence-electron chi connectivity index (χ3n) is 2.89. The predicted molar refractivity (Wildman–Crippen MR) is 80.9 cm³/mol. The maximum Gasteiger partial charge on any atom is 0.162 e. The average Bonchev–Trinajstić information content (AvgIpc) is 3.18. The highest BCUT2D eigenvalue weighted by molar-refractivity contribution is 7.13. The highest BCUT2D eigenvalue weighted by Crippen LogP contribution is 2.24. The second kappa shape index (κ2) is 6.19. The first-order valence-corrected chi connectivity index (χ1v) is 7.69. The summed E-state index contributed by atoms with van der Waals surface area (Å²) in [5.74, 6) is 0.798. The minimum atomic E-state index is 0.435. The van der Waals surface area contributed by atoms with Crippen LogP contribution in [0.4, 0.5) is 0 Å². The number of hydrogen-bond acceptors (Lipinski definition) is 6. The molecule has 3 aromatic rings. The lowest BCUT2D eigenvalue weighted by molar-refractivity contribution is 0.580. The van der Waals surface area contributed by atoms with E-state index in [1.807, 2.05) is 23.7 Å². The number of aromatic nitrogens is 4. The van der Waals surface area contributed by atoms with Crippen LogP contribution in [0.3, 0.4) is 0 Å². The van der Waals surface area contributed by atoms with E-state index in [1.165, 1.54) is 0 Å². The first kappa shape index (κ1) is 14.0. The molecule has 0 amide bonds. The third-order valence-corrected chi connectivity index (χ3v) is 3.79. The Bertz CT molecular complexity index is 686. The van der Waals surface area contributed by atoms with Gasteiger partial charge in [0.2, 0.25) is 0 Å². The molecule has 0 fully saturated rings. The zero-order chi connectivity index (χ0) is 14.7. The fraction of sp³-hybridized carbons (Fsp3) is 0.357. The Labute approximate surface area is 126 Å². The Morgan fingerprint density at radius 2 is 2.29 bits per heavy atom. The van der Waals surface area contributed by atoms with Crippen LogP contribution in [-0.4, -0.2) is 26.0 Å². The van der Waals surface area contributed by atoms with Gasteiger partial charge in [0.05, 0.1) is 30.4 Å². The monoisotopic (exact) mass is 303 g/mol. The van der Waals surface area contributed by atoms with E-state index in [0.717, 1.165) is 28.7 Å². The second-order valence-corrected chi connectivity index (χ2v) is 5.92. The summed E-state index contributed by atoms with van der Waals surface area (Å²) < 4.78 is 7.15. The van der Waals surface area contributed by atoms with Crippen LogP contribution in [0.5, 0.6) is 0 Å².